The Morgan fingerprint density at radius 3 is 2.93 bits per heavy atom. The fourth-order valence-corrected chi connectivity index (χ4v) is 1.39. The van der Waals surface area contributed by atoms with Crippen molar-refractivity contribution in [2.45, 2.75) is 39.7 Å². The largest absolute Gasteiger partial charge is 0.292 e. The standard InChI is InChI=1S/C11H17N3O/c1-4-6-7-10(15)11-9(3)14(8-5-2)13-12-11/h4H,1,5-8H2,2-3H3. The van der Waals surface area contributed by atoms with Crippen LogP contribution in [0.15, 0.2) is 12.7 Å². The minimum Gasteiger partial charge on any atom is -0.292 e. The molecule has 1 rings (SSSR count). The molecule has 4 heteroatoms. The van der Waals surface area contributed by atoms with Gasteiger partial charge in [0.2, 0.25) is 0 Å². The second kappa shape index (κ2) is 5.44. The molecule has 4 nitrogen and oxygen atoms in total. The fourth-order valence-electron chi connectivity index (χ4n) is 1.39. The highest BCUT2D eigenvalue weighted by atomic mass is 16.1. The van der Waals surface area contributed by atoms with Crippen molar-refractivity contribution in [3.63, 3.8) is 0 Å². The third-order valence-corrected chi connectivity index (χ3v) is 2.26. The molecule has 0 spiro atoms. The van der Waals surface area contributed by atoms with Gasteiger partial charge in [-0.1, -0.05) is 18.2 Å². The average molecular weight is 207 g/mol. The zero-order chi connectivity index (χ0) is 11.3. The summed E-state index contributed by atoms with van der Waals surface area (Å²) in [7, 11) is 0. The van der Waals surface area contributed by atoms with E-state index in [4.69, 9.17) is 0 Å². The van der Waals surface area contributed by atoms with Crippen LogP contribution in [-0.4, -0.2) is 20.8 Å². The molecule has 1 aromatic heterocycles. The molecule has 0 N–H and O–H groups in total. The lowest BCUT2D eigenvalue weighted by Gasteiger charge is -2.00. The minimum atomic E-state index is 0.0507. The van der Waals surface area contributed by atoms with Gasteiger partial charge in [0.25, 0.3) is 0 Å². The number of carbonyl (C=O) groups is 1. The van der Waals surface area contributed by atoms with Crippen LogP contribution in [0.3, 0.4) is 0 Å². The van der Waals surface area contributed by atoms with Gasteiger partial charge < -0.3 is 0 Å². The summed E-state index contributed by atoms with van der Waals surface area (Å²) in [5.41, 5.74) is 1.37. The van der Waals surface area contributed by atoms with Crippen molar-refractivity contribution in [1.29, 1.82) is 0 Å². The van der Waals surface area contributed by atoms with Crippen molar-refractivity contribution < 1.29 is 4.79 Å². The van der Waals surface area contributed by atoms with E-state index in [0.29, 0.717) is 18.5 Å². The van der Waals surface area contributed by atoms with Gasteiger partial charge in [0.05, 0.1) is 5.69 Å². The second-order valence-electron chi connectivity index (χ2n) is 3.50. The van der Waals surface area contributed by atoms with Crippen LogP contribution in [-0.2, 0) is 6.54 Å². The van der Waals surface area contributed by atoms with Gasteiger partial charge in [0.15, 0.2) is 11.5 Å². The number of carbonyl (C=O) groups excluding carboxylic acids is 1. The fraction of sp³-hybridized carbons (Fsp3) is 0.545. The molecule has 0 aliphatic rings. The number of allylic oxidation sites excluding steroid dienone is 1. The molecular weight excluding hydrogens is 190 g/mol. The van der Waals surface area contributed by atoms with E-state index in [-0.39, 0.29) is 5.78 Å². The van der Waals surface area contributed by atoms with Crippen LogP contribution in [0.2, 0.25) is 0 Å². The lowest BCUT2D eigenvalue weighted by molar-refractivity contribution is 0.0978. The van der Waals surface area contributed by atoms with Crippen molar-refractivity contribution in [2.75, 3.05) is 0 Å². The van der Waals surface area contributed by atoms with Crippen LogP contribution in [0.25, 0.3) is 0 Å². The van der Waals surface area contributed by atoms with E-state index in [1.807, 2.05) is 6.92 Å². The van der Waals surface area contributed by atoms with Crippen molar-refractivity contribution in [2.24, 2.45) is 0 Å². The quantitative estimate of drug-likeness (QED) is 0.530. The Kier molecular flexibility index (Phi) is 4.21. The molecule has 1 aromatic rings. The average Bonchev–Trinajstić information content (AvgIpc) is 2.58. The van der Waals surface area contributed by atoms with E-state index in [1.54, 1.807) is 10.8 Å². The number of hydrogen-bond acceptors (Lipinski definition) is 3. The number of ketones is 1. The third kappa shape index (κ3) is 2.75. The van der Waals surface area contributed by atoms with Crippen LogP contribution >= 0.6 is 0 Å². The van der Waals surface area contributed by atoms with Gasteiger partial charge in [-0.25, -0.2) is 4.68 Å². The molecule has 82 valence electrons. The zero-order valence-corrected chi connectivity index (χ0v) is 9.36. The van der Waals surface area contributed by atoms with Crippen molar-refractivity contribution in [1.82, 2.24) is 15.0 Å². The SMILES string of the molecule is C=CCCC(=O)c1nnn(CCC)c1C. The molecule has 0 bridgehead atoms. The maximum atomic E-state index is 11.7. The maximum Gasteiger partial charge on any atom is 0.185 e. The molecule has 0 fully saturated rings. The topological polar surface area (TPSA) is 47.8 Å². The lowest BCUT2D eigenvalue weighted by atomic mass is 10.1. The molecule has 0 aliphatic heterocycles. The Bertz CT molecular complexity index is 355. The number of aryl methyl sites for hydroxylation is 1. The Morgan fingerprint density at radius 1 is 1.60 bits per heavy atom. The summed E-state index contributed by atoms with van der Waals surface area (Å²) < 4.78 is 1.78. The minimum absolute atomic E-state index is 0.0507. The molecule has 0 saturated heterocycles. The van der Waals surface area contributed by atoms with E-state index < -0.39 is 0 Å². The lowest BCUT2D eigenvalue weighted by Crippen LogP contribution is -2.04. The van der Waals surface area contributed by atoms with Gasteiger partial charge in [0.1, 0.15) is 0 Å². The number of nitrogens with zero attached hydrogens (tertiary/aromatic N) is 3. The molecular formula is C11H17N3O. The monoisotopic (exact) mass is 207 g/mol. The predicted octanol–water partition coefficient (Wildman–Crippen LogP) is 2.15. The van der Waals surface area contributed by atoms with Crippen molar-refractivity contribution in [3.05, 3.63) is 24.0 Å². The predicted molar refractivity (Wildman–Crippen MR) is 58.8 cm³/mol. The summed E-state index contributed by atoms with van der Waals surface area (Å²) in [6.45, 7) is 8.36. The van der Waals surface area contributed by atoms with E-state index in [0.717, 1.165) is 18.7 Å². The van der Waals surface area contributed by atoms with Crippen LogP contribution in [0, 0.1) is 6.92 Å². The van der Waals surface area contributed by atoms with E-state index in [2.05, 4.69) is 23.8 Å². The normalized spacial score (nSPS) is 10.3. The number of hydrogen-bond donors (Lipinski definition) is 0. The summed E-state index contributed by atoms with van der Waals surface area (Å²) in [6.07, 6.45) is 3.89. The Hall–Kier alpha value is -1.45. The first-order chi connectivity index (χ1) is 7.20. The second-order valence-corrected chi connectivity index (χ2v) is 3.50. The van der Waals surface area contributed by atoms with Gasteiger partial charge in [-0.3, -0.25) is 4.79 Å². The summed E-state index contributed by atoms with van der Waals surface area (Å²) in [4.78, 5) is 11.7. The van der Waals surface area contributed by atoms with Gasteiger partial charge in [-0.2, -0.15) is 0 Å². The number of rotatable bonds is 6. The maximum absolute atomic E-state index is 11.7. The third-order valence-electron chi connectivity index (χ3n) is 2.26. The first-order valence-corrected chi connectivity index (χ1v) is 5.24. The van der Waals surface area contributed by atoms with Crippen LogP contribution in [0.1, 0.15) is 42.4 Å². The first kappa shape index (κ1) is 11.6. The highest BCUT2D eigenvalue weighted by Crippen LogP contribution is 2.08. The summed E-state index contributed by atoms with van der Waals surface area (Å²) >= 11 is 0. The van der Waals surface area contributed by atoms with E-state index >= 15 is 0 Å². The van der Waals surface area contributed by atoms with E-state index in [9.17, 15) is 4.79 Å². The van der Waals surface area contributed by atoms with Crippen molar-refractivity contribution in [3.8, 4) is 0 Å². The summed E-state index contributed by atoms with van der Waals surface area (Å²) in [5, 5.41) is 7.87. The molecule has 1 heterocycles. The summed E-state index contributed by atoms with van der Waals surface area (Å²) in [6, 6.07) is 0. The van der Waals surface area contributed by atoms with Crippen LogP contribution in [0.4, 0.5) is 0 Å². The zero-order valence-electron chi connectivity index (χ0n) is 9.36. The molecule has 0 unspecified atom stereocenters. The molecule has 0 aromatic carbocycles. The molecule has 0 amide bonds. The highest BCUT2D eigenvalue weighted by Gasteiger charge is 2.14. The van der Waals surface area contributed by atoms with E-state index in [1.165, 1.54) is 0 Å². The van der Waals surface area contributed by atoms with Gasteiger partial charge in [-0.05, 0) is 19.8 Å². The molecule has 0 atom stereocenters. The smallest absolute Gasteiger partial charge is 0.185 e. The Balaban J connectivity index is 2.76. The Morgan fingerprint density at radius 2 is 2.33 bits per heavy atom. The Labute approximate surface area is 90.0 Å². The molecule has 0 radical (unpaired) electrons. The van der Waals surface area contributed by atoms with Gasteiger partial charge in [-0.15, -0.1) is 11.7 Å². The molecule has 0 aliphatic carbocycles. The van der Waals surface area contributed by atoms with Crippen LogP contribution in [0.5, 0.6) is 0 Å². The van der Waals surface area contributed by atoms with Crippen LogP contribution < -0.4 is 0 Å². The number of Topliss-reactive ketones (excluding diaryl/α,β-unsaturated/α-hetero) is 1. The number of aromatic nitrogens is 3. The van der Waals surface area contributed by atoms with Gasteiger partial charge >= 0.3 is 0 Å². The highest BCUT2D eigenvalue weighted by molar-refractivity contribution is 5.95. The van der Waals surface area contributed by atoms with Crippen molar-refractivity contribution >= 4 is 5.78 Å². The molecule has 15 heavy (non-hydrogen) atoms. The van der Waals surface area contributed by atoms with Gasteiger partial charge in [0, 0.05) is 13.0 Å². The summed E-state index contributed by atoms with van der Waals surface area (Å²) in [5.74, 6) is 0.0507. The first-order valence-electron chi connectivity index (χ1n) is 5.24. The molecule has 0 saturated carbocycles.